The van der Waals surface area contributed by atoms with Crippen molar-refractivity contribution in [3.8, 4) is 0 Å². The van der Waals surface area contributed by atoms with E-state index >= 15 is 0 Å². The quantitative estimate of drug-likeness (QED) is 0.824. The van der Waals surface area contributed by atoms with Gasteiger partial charge in [-0.15, -0.1) is 0 Å². The highest BCUT2D eigenvalue weighted by Gasteiger charge is 2.23. The third-order valence-electron chi connectivity index (χ3n) is 3.73. The van der Waals surface area contributed by atoms with E-state index in [1.165, 1.54) is 36.9 Å². The largest absolute Gasteiger partial charge is 0.398 e. The Balaban J connectivity index is 2.32. The van der Waals surface area contributed by atoms with Crippen LogP contribution >= 0.6 is 11.6 Å². The van der Waals surface area contributed by atoms with Crippen LogP contribution in [0.25, 0.3) is 0 Å². The standard InChI is InChI=1S/C14H21ClN2/c1-3-17(11-6-4-5-7-11)14-9-12(15)13(16)8-10(14)2/h8-9,11H,3-7,16H2,1-2H3. The summed E-state index contributed by atoms with van der Waals surface area (Å²) in [5.74, 6) is 0. The normalized spacial score (nSPS) is 16.4. The van der Waals surface area contributed by atoms with Crippen molar-refractivity contribution in [3.63, 3.8) is 0 Å². The van der Waals surface area contributed by atoms with Gasteiger partial charge in [-0.2, -0.15) is 0 Å². The van der Waals surface area contributed by atoms with Crippen LogP contribution in [-0.4, -0.2) is 12.6 Å². The molecule has 0 bridgehead atoms. The molecule has 1 fully saturated rings. The van der Waals surface area contributed by atoms with Gasteiger partial charge in [0.05, 0.1) is 10.7 Å². The summed E-state index contributed by atoms with van der Waals surface area (Å²) in [6.07, 6.45) is 5.30. The summed E-state index contributed by atoms with van der Waals surface area (Å²) in [5.41, 5.74) is 8.98. The Bertz CT molecular complexity index is 397. The van der Waals surface area contributed by atoms with Gasteiger partial charge in [0.25, 0.3) is 0 Å². The molecule has 0 radical (unpaired) electrons. The molecule has 1 aliphatic carbocycles. The van der Waals surface area contributed by atoms with Crippen molar-refractivity contribution >= 4 is 23.0 Å². The van der Waals surface area contributed by atoms with E-state index in [1.807, 2.05) is 12.1 Å². The molecule has 0 spiro atoms. The summed E-state index contributed by atoms with van der Waals surface area (Å²) in [4.78, 5) is 2.48. The van der Waals surface area contributed by atoms with E-state index in [-0.39, 0.29) is 0 Å². The smallest absolute Gasteiger partial charge is 0.0656 e. The first-order valence-corrected chi connectivity index (χ1v) is 6.83. The van der Waals surface area contributed by atoms with Crippen LogP contribution in [0.5, 0.6) is 0 Å². The lowest BCUT2D eigenvalue weighted by atomic mass is 10.1. The Morgan fingerprint density at radius 2 is 2.00 bits per heavy atom. The van der Waals surface area contributed by atoms with Gasteiger partial charge in [0.15, 0.2) is 0 Å². The number of hydrogen-bond donors (Lipinski definition) is 1. The second kappa shape index (κ2) is 5.18. The van der Waals surface area contributed by atoms with E-state index in [9.17, 15) is 0 Å². The summed E-state index contributed by atoms with van der Waals surface area (Å²) in [5, 5.41) is 0.669. The Labute approximate surface area is 109 Å². The molecule has 0 aromatic heterocycles. The van der Waals surface area contributed by atoms with Gasteiger partial charge in [0.1, 0.15) is 0 Å². The molecule has 1 aliphatic rings. The molecule has 0 saturated heterocycles. The molecule has 17 heavy (non-hydrogen) atoms. The minimum absolute atomic E-state index is 0.669. The average molecular weight is 253 g/mol. The maximum atomic E-state index is 6.14. The molecule has 2 rings (SSSR count). The van der Waals surface area contributed by atoms with Gasteiger partial charge in [-0.3, -0.25) is 0 Å². The first kappa shape index (κ1) is 12.6. The predicted molar refractivity (Wildman–Crippen MR) is 75.9 cm³/mol. The zero-order valence-corrected chi connectivity index (χ0v) is 11.4. The fraction of sp³-hybridized carbons (Fsp3) is 0.571. The summed E-state index contributed by atoms with van der Waals surface area (Å²) < 4.78 is 0. The van der Waals surface area contributed by atoms with Crippen molar-refractivity contribution in [2.24, 2.45) is 0 Å². The van der Waals surface area contributed by atoms with Crippen LogP contribution in [0.2, 0.25) is 5.02 Å². The molecule has 2 N–H and O–H groups in total. The van der Waals surface area contributed by atoms with Crippen molar-refractivity contribution in [2.45, 2.75) is 45.6 Å². The summed E-state index contributed by atoms with van der Waals surface area (Å²) in [6.45, 7) is 5.35. The van der Waals surface area contributed by atoms with Crippen molar-refractivity contribution in [1.82, 2.24) is 0 Å². The first-order chi connectivity index (χ1) is 8.13. The number of nitrogens with zero attached hydrogens (tertiary/aromatic N) is 1. The molecule has 1 aromatic carbocycles. The number of rotatable bonds is 3. The number of hydrogen-bond acceptors (Lipinski definition) is 2. The lowest BCUT2D eigenvalue weighted by Crippen LogP contribution is -2.33. The van der Waals surface area contributed by atoms with Crippen LogP contribution < -0.4 is 10.6 Å². The van der Waals surface area contributed by atoms with Gasteiger partial charge in [-0.1, -0.05) is 24.4 Å². The van der Waals surface area contributed by atoms with Gasteiger partial charge in [0.2, 0.25) is 0 Å². The molecule has 1 aromatic rings. The fourth-order valence-corrected chi connectivity index (χ4v) is 3.00. The SMILES string of the molecule is CCN(c1cc(Cl)c(N)cc1C)C1CCCC1. The van der Waals surface area contributed by atoms with E-state index in [0.29, 0.717) is 16.8 Å². The third kappa shape index (κ3) is 2.52. The molecule has 3 heteroatoms. The van der Waals surface area contributed by atoms with Gasteiger partial charge >= 0.3 is 0 Å². The van der Waals surface area contributed by atoms with Gasteiger partial charge in [-0.05, 0) is 44.4 Å². The van der Waals surface area contributed by atoms with E-state index in [1.54, 1.807) is 0 Å². The summed E-state index contributed by atoms with van der Waals surface area (Å²) in [6, 6.07) is 4.68. The van der Waals surface area contributed by atoms with Crippen molar-refractivity contribution in [2.75, 3.05) is 17.2 Å². The zero-order valence-electron chi connectivity index (χ0n) is 10.7. The molecule has 0 heterocycles. The van der Waals surface area contributed by atoms with Crippen molar-refractivity contribution in [3.05, 3.63) is 22.7 Å². The monoisotopic (exact) mass is 252 g/mol. The van der Waals surface area contributed by atoms with E-state index in [2.05, 4.69) is 18.7 Å². The molecule has 94 valence electrons. The highest BCUT2D eigenvalue weighted by Crippen LogP contribution is 2.34. The first-order valence-electron chi connectivity index (χ1n) is 6.45. The third-order valence-corrected chi connectivity index (χ3v) is 4.06. The van der Waals surface area contributed by atoms with Crippen LogP contribution in [0.1, 0.15) is 38.2 Å². The number of halogens is 1. The molecule has 2 nitrogen and oxygen atoms in total. The Kier molecular flexibility index (Phi) is 3.82. The van der Waals surface area contributed by atoms with Gasteiger partial charge in [-0.25, -0.2) is 0 Å². The molecule has 0 atom stereocenters. The number of aryl methyl sites for hydroxylation is 1. The maximum Gasteiger partial charge on any atom is 0.0656 e. The Morgan fingerprint density at radius 3 is 2.59 bits per heavy atom. The van der Waals surface area contributed by atoms with Gasteiger partial charge < -0.3 is 10.6 Å². The van der Waals surface area contributed by atoms with Crippen LogP contribution in [-0.2, 0) is 0 Å². The molecule has 1 saturated carbocycles. The second-order valence-corrected chi connectivity index (χ2v) is 5.29. The highest BCUT2D eigenvalue weighted by atomic mass is 35.5. The lowest BCUT2D eigenvalue weighted by Gasteiger charge is -2.31. The molecule has 0 unspecified atom stereocenters. The lowest BCUT2D eigenvalue weighted by molar-refractivity contribution is 0.618. The fourth-order valence-electron chi connectivity index (χ4n) is 2.84. The maximum absolute atomic E-state index is 6.14. The van der Waals surface area contributed by atoms with Crippen LogP contribution in [0.15, 0.2) is 12.1 Å². The minimum Gasteiger partial charge on any atom is -0.398 e. The van der Waals surface area contributed by atoms with Crippen LogP contribution in [0.3, 0.4) is 0 Å². The Morgan fingerprint density at radius 1 is 1.35 bits per heavy atom. The molecule has 0 amide bonds. The van der Waals surface area contributed by atoms with Crippen molar-refractivity contribution < 1.29 is 0 Å². The summed E-state index contributed by atoms with van der Waals surface area (Å²) in [7, 11) is 0. The van der Waals surface area contributed by atoms with E-state index < -0.39 is 0 Å². The molecular weight excluding hydrogens is 232 g/mol. The zero-order chi connectivity index (χ0) is 12.4. The van der Waals surface area contributed by atoms with Crippen LogP contribution in [0.4, 0.5) is 11.4 Å². The Hall–Kier alpha value is -0.890. The molecular formula is C14H21ClN2. The topological polar surface area (TPSA) is 29.3 Å². The highest BCUT2D eigenvalue weighted by molar-refractivity contribution is 6.33. The number of nitrogens with two attached hydrogens (primary N) is 1. The number of nitrogen functional groups attached to an aromatic ring is 1. The summed E-state index contributed by atoms with van der Waals surface area (Å²) >= 11 is 6.14. The predicted octanol–water partition coefficient (Wildman–Crippen LogP) is 4.00. The number of anilines is 2. The molecule has 0 aliphatic heterocycles. The van der Waals surface area contributed by atoms with Gasteiger partial charge in [0, 0.05) is 18.3 Å². The van der Waals surface area contributed by atoms with E-state index in [4.69, 9.17) is 17.3 Å². The average Bonchev–Trinajstić information content (AvgIpc) is 2.80. The number of benzene rings is 1. The second-order valence-electron chi connectivity index (χ2n) is 4.88. The van der Waals surface area contributed by atoms with Crippen LogP contribution in [0, 0.1) is 6.92 Å². The van der Waals surface area contributed by atoms with E-state index in [0.717, 1.165) is 6.54 Å². The van der Waals surface area contributed by atoms with Crippen molar-refractivity contribution in [1.29, 1.82) is 0 Å². The minimum atomic E-state index is 0.669.